The van der Waals surface area contributed by atoms with Crippen LogP contribution in [0.1, 0.15) is 44.2 Å². The summed E-state index contributed by atoms with van der Waals surface area (Å²) in [5, 5.41) is 18.0. The average molecular weight is 581 g/mol. The summed E-state index contributed by atoms with van der Waals surface area (Å²) in [6.07, 6.45) is 0.241. The Bertz CT molecular complexity index is 1120. The quantitative estimate of drug-likeness (QED) is 0.140. The summed E-state index contributed by atoms with van der Waals surface area (Å²) in [5.41, 5.74) is 0.509. The van der Waals surface area contributed by atoms with E-state index in [1.165, 1.54) is 37.3 Å². The molecule has 0 bridgehead atoms. The standard InChI is InChI=1S/C30H38F2O9/c1-4-5-6-7-23-8-10-24(11-9-23)30(31,32)41-27-17-25(37-12-14-39-28(35)21(2)19-33)16-26(18-27)38-13-15-40-29(36)22(3)20-34/h8-11,16-18,22,33-34H,2,4-7,12-15,19-20H2,1,3H3. The summed E-state index contributed by atoms with van der Waals surface area (Å²) < 4.78 is 56.2. The van der Waals surface area contributed by atoms with Crippen LogP contribution in [0.25, 0.3) is 0 Å². The third-order valence-electron chi connectivity index (χ3n) is 5.80. The van der Waals surface area contributed by atoms with Crippen LogP contribution in [-0.4, -0.2) is 61.8 Å². The molecule has 2 N–H and O–H groups in total. The fraction of sp³-hybridized carbons (Fsp3) is 0.467. The van der Waals surface area contributed by atoms with Gasteiger partial charge in [-0.25, -0.2) is 4.79 Å². The van der Waals surface area contributed by atoms with Gasteiger partial charge in [-0.15, -0.1) is 0 Å². The lowest BCUT2D eigenvalue weighted by molar-refractivity contribution is -0.185. The number of carbonyl (C=O) groups excluding carboxylic acids is 2. The zero-order chi connectivity index (χ0) is 30.3. The van der Waals surface area contributed by atoms with E-state index < -0.39 is 30.6 Å². The zero-order valence-corrected chi connectivity index (χ0v) is 23.4. The van der Waals surface area contributed by atoms with Crippen molar-refractivity contribution in [3.8, 4) is 17.2 Å². The van der Waals surface area contributed by atoms with E-state index in [1.54, 1.807) is 12.1 Å². The molecule has 226 valence electrons. The lowest BCUT2D eigenvalue weighted by atomic mass is 10.1. The first kappa shape index (κ1) is 33.5. The van der Waals surface area contributed by atoms with E-state index in [2.05, 4.69) is 13.5 Å². The topological polar surface area (TPSA) is 121 Å². The van der Waals surface area contributed by atoms with Crippen molar-refractivity contribution in [3.63, 3.8) is 0 Å². The van der Waals surface area contributed by atoms with E-state index in [9.17, 15) is 9.59 Å². The normalized spacial score (nSPS) is 11.9. The SMILES string of the molecule is C=C(CO)C(=O)OCCOc1cc(OCCOC(=O)C(C)CO)cc(OC(F)(F)c2ccc(CCCCC)cc2)c1. The summed E-state index contributed by atoms with van der Waals surface area (Å²) in [4.78, 5) is 23.3. The van der Waals surface area contributed by atoms with Gasteiger partial charge in [-0.2, -0.15) is 8.78 Å². The molecule has 0 saturated heterocycles. The van der Waals surface area contributed by atoms with Gasteiger partial charge in [-0.3, -0.25) is 4.79 Å². The van der Waals surface area contributed by atoms with Crippen molar-refractivity contribution in [2.24, 2.45) is 5.92 Å². The smallest absolute Gasteiger partial charge is 0.426 e. The Labute approximate surface area is 238 Å². The molecule has 2 rings (SSSR count). The molecular formula is C30H38F2O9. The molecule has 1 atom stereocenters. The van der Waals surface area contributed by atoms with Crippen LogP contribution in [-0.2, 0) is 31.6 Å². The lowest BCUT2D eigenvalue weighted by Crippen LogP contribution is -2.22. The second kappa shape index (κ2) is 17.2. The van der Waals surface area contributed by atoms with Gasteiger partial charge in [-0.05, 0) is 37.5 Å². The highest BCUT2D eigenvalue weighted by molar-refractivity contribution is 5.87. The van der Waals surface area contributed by atoms with Gasteiger partial charge in [0.2, 0.25) is 0 Å². The lowest BCUT2D eigenvalue weighted by Gasteiger charge is -2.20. The third kappa shape index (κ3) is 11.7. The van der Waals surface area contributed by atoms with Crippen LogP contribution >= 0.6 is 0 Å². The van der Waals surface area contributed by atoms with Gasteiger partial charge < -0.3 is 33.9 Å². The number of aliphatic hydroxyl groups is 2. The molecular weight excluding hydrogens is 542 g/mol. The van der Waals surface area contributed by atoms with E-state index in [4.69, 9.17) is 33.9 Å². The van der Waals surface area contributed by atoms with E-state index in [1.807, 2.05) is 0 Å². The molecule has 0 heterocycles. The summed E-state index contributed by atoms with van der Waals surface area (Å²) in [7, 11) is 0. The van der Waals surface area contributed by atoms with E-state index >= 15 is 8.78 Å². The van der Waals surface area contributed by atoms with Gasteiger partial charge in [0.25, 0.3) is 0 Å². The molecule has 2 aromatic carbocycles. The predicted molar refractivity (Wildman–Crippen MR) is 146 cm³/mol. The number of benzene rings is 2. The third-order valence-corrected chi connectivity index (χ3v) is 5.80. The first-order valence-electron chi connectivity index (χ1n) is 13.4. The molecule has 0 fully saturated rings. The minimum absolute atomic E-state index is 0.0857. The Morgan fingerprint density at radius 2 is 1.49 bits per heavy atom. The van der Waals surface area contributed by atoms with Crippen molar-refractivity contribution in [2.45, 2.75) is 45.6 Å². The maximum absolute atomic E-state index is 15.1. The minimum atomic E-state index is -3.67. The molecule has 0 aliphatic heterocycles. The first-order chi connectivity index (χ1) is 19.6. The van der Waals surface area contributed by atoms with Crippen molar-refractivity contribution >= 4 is 11.9 Å². The predicted octanol–water partition coefficient (Wildman–Crippen LogP) is 4.57. The molecule has 11 heteroatoms. The van der Waals surface area contributed by atoms with Crippen molar-refractivity contribution in [3.05, 3.63) is 65.7 Å². The van der Waals surface area contributed by atoms with E-state index in [0.29, 0.717) is 0 Å². The van der Waals surface area contributed by atoms with Gasteiger partial charge >= 0.3 is 18.0 Å². The van der Waals surface area contributed by atoms with E-state index in [0.717, 1.165) is 31.2 Å². The molecule has 0 aromatic heterocycles. The molecule has 9 nitrogen and oxygen atoms in total. The number of aryl methyl sites for hydroxylation is 1. The number of aliphatic hydroxyl groups excluding tert-OH is 2. The van der Waals surface area contributed by atoms with Gasteiger partial charge in [0.15, 0.2) is 0 Å². The number of carbonyl (C=O) groups is 2. The zero-order valence-electron chi connectivity index (χ0n) is 23.4. The van der Waals surface area contributed by atoms with Gasteiger partial charge in [0, 0.05) is 18.2 Å². The van der Waals surface area contributed by atoms with Crippen LogP contribution in [0.3, 0.4) is 0 Å². The Kier molecular flexibility index (Phi) is 14.0. The largest absolute Gasteiger partial charge is 0.490 e. The molecule has 0 saturated carbocycles. The highest BCUT2D eigenvalue weighted by atomic mass is 19.3. The van der Waals surface area contributed by atoms with Gasteiger partial charge in [0.05, 0.1) is 30.3 Å². The molecule has 0 aliphatic rings. The number of ether oxygens (including phenoxy) is 5. The van der Waals surface area contributed by atoms with Crippen LogP contribution < -0.4 is 14.2 Å². The summed E-state index contributed by atoms with van der Waals surface area (Å²) in [6.45, 7) is 5.46. The fourth-order valence-corrected chi connectivity index (χ4v) is 3.40. The van der Waals surface area contributed by atoms with Gasteiger partial charge in [-0.1, -0.05) is 38.5 Å². The van der Waals surface area contributed by atoms with Crippen LogP contribution in [0.4, 0.5) is 8.78 Å². The maximum Gasteiger partial charge on any atom is 0.426 e. The van der Waals surface area contributed by atoms with Gasteiger partial charge in [0.1, 0.15) is 43.7 Å². The Balaban J connectivity index is 2.11. The Hall–Kier alpha value is -3.70. The van der Waals surface area contributed by atoms with Crippen molar-refractivity contribution < 1.29 is 52.3 Å². The summed E-state index contributed by atoms with van der Waals surface area (Å²) in [5.74, 6) is -2.17. The van der Waals surface area contributed by atoms with Crippen LogP contribution in [0, 0.1) is 5.92 Å². The minimum Gasteiger partial charge on any atom is -0.490 e. The van der Waals surface area contributed by atoms with Crippen molar-refractivity contribution in [1.82, 2.24) is 0 Å². The number of esters is 2. The van der Waals surface area contributed by atoms with Crippen molar-refractivity contribution in [1.29, 1.82) is 0 Å². The molecule has 41 heavy (non-hydrogen) atoms. The molecule has 0 radical (unpaired) electrons. The number of alkyl halides is 2. The number of hydrogen-bond acceptors (Lipinski definition) is 9. The molecule has 0 spiro atoms. The molecule has 2 aromatic rings. The Morgan fingerprint density at radius 1 is 0.902 bits per heavy atom. The highest BCUT2D eigenvalue weighted by Crippen LogP contribution is 2.36. The first-order valence-corrected chi connectivity index (χ1v) is 13.4. The van der Waals surface area contributed by atoms with Crippen molar-refractivity contribution in [2.75, 3.05) is 39.6 Å². The average Bonchev–Trinajstić information content (AvgIpc) is 2.96. The number of hydrogen-bond donors (Lipinski definition) is 2. The number of unbranched alkanes of at least 4 members (excludes halogenated alkanes) is 2. The molecule has 1 unspecified atom stereocenters. The second-order valence-corrected chi connectivity index (χ2v) is 9.26. The fourth-order valence-electron chi connectivity index (χ4n) is 3.40. The second-order valence-electron chi connectivity index (χ2n) is 9.26. The number of halogens is 2. The van der Waals surface area contributed by atoms with Crippen LogP contribution in [0.2, 0.25) is 0 Å². The monoisotopic (exact) mass is 580 g/mol. The van der Waals surface area contributed by atoms with Crippen LogP contribution in [0.15, 0.2) is 54.6 Å². The summed E-state index contributed by atoms with van der Waals surface area (Å²) >= 11 is 0. The maximum atomic E-state index is 15.1. The van der Waals surface area contributed by atoms with E-state index in [-0.39, 0.29) is 61.4 Å². The highest BCUT2D eigenvalue weighted by Gasteiger charge is 2.34. The molecule has 0 amide bonds. The molecule has 0 aliphatic carbocycles. The van der Waals surface area contributed by atoms with Crippen LogP contribution in [0.5, 0.6) is 17.2 Å². The summed E-state index contributed by atoms with van der Waals surface area (Å²) in [6, 6.07) is 9.85. The number of rotatable bonds is 19. The Morgan fingerprint density at radius 3 is 2.05 bits per heavy atom.